The predicted molar refractivity (Wildman–Crippen MR) is 89.2 cm³/mol. The molecule has 0 radical (unpaired) electrons. The van der Waals surface area contributed by atoms with Crippen LogP contribution in [0.4, 0.5) is 4.79 Å². The minimum absolute atomic E-state index is 0.113. The van der Waals surface area contributed by atoms with E-state index in [1.807, 2.05) is 43.9 Å². The first kappa shape index (κ1) is 16.3. The van der Waals surface area contributed by atoms with Crippen molar-refractivity contribution in [3.8, 4) is 0 Å². The van der Waals surface area contributed by atoms with Crippen LogP contribution in [0.25, 0.3) is 0 Å². The van der Waals surface area contributed by atoms with Gasteiger partial charge in [0.15, 0.2) is 0 Å². The first-order valence-electron chi connectivity index (χ1n) is 8.56. The Morgan fingerprint density at radius 1 is 1.17 bits per heavy atom. The number of benzene rings is 1. The summed E-state index contributed by atoms with van der Waals surface area (Å²) in [4.78, 5) is 14.2. The molecule has 0 bridgehead atoms. The first-order chi connectivity index (χ1) is 10.8. The zero-order valence-electron chi connectivity index (χ0n) is 14.2. The second-order valence-corrected chi connectivity index (χ2v) is 7.89. The maximum absolute atomic E-state index is 12.4. The number of hydrogen-bond acceptors (Lipinski definition) is 3. The summed E-state index contributed by atoms with van der Waals surface area (Å²) in [5, 5.41) is 10.5. The van der Waals surface area contributed by atoms with Crippen LogP contribution >= 0.6 is 0 Å². The van der Waals surface area contributed by atoms with Gasteiger partial charge in [-0.2, -0.15) is 0 Å². The quantitative estimate of drug-likeness (QED) is 0.863. The zero-order valence-corrected chi connectivity index (χ0v) is 14.2. The molecule has 1 aliphatic heterocycles. The fourth-order valence-corrected chi connectivity index (χ4v) is 4.08. The van der Waals surface area contributed by atoms with Crippen molar-refractivity contribution in [3.63, 3.8) is 0 Å². The summed E-state index contributed by atoms with van der Waals surface area (Å²) in [6.45, 7) is 7.10. The van der Waals surface area contributed by atoms with Gasteiger partial charge in [0.2, 0.25) is 0 Å². The lowest BCUT2D eigenvalue weighted by atomic mass is 9.69. The lowest BCUT2D eigenvalue weighted by Crippen LogP contribution is -2.37. The summed E-state index contributed by atoms with van der Waals surface area (Å²) in [6.07, 6.45) is 1.24. The van der Waals surface area contributed by atoms with Crippen LogP contribution in [0.1, 0.15) is 45.1 Å². The summed E-state index contributed by atoms with van der Waals surface area (Å²) < 4.78 is 5.52. The van der Waals surface area contributed by atoms with Crippen LogP contribution in [0.2, 0.25) is 0 Å². The maximum atomic E-state index is 12.4. The maximum Gasteiger partial charge on any atom is 0.410 e. The molecule has 1 aromatic carbocycles. The summed E-state index contributed by atoms with van der Waals surface area (Å²) in [5.74, 6) is 0.882. The Morgan fingerprint density at radius 2 is 1.87 bits per heavy atom. The van der Waals surface area contributed by atoms with E-state index in [1.165, 1.54) is 5.56 Å². The largest absolute Gasteiger partial charge is 0.444 e. The number of aliphatic hydroxyl groups is 1. The molecule has 1 saturated carbocycles. The Kier molecular flexibility index (Phi) is 4.37. The van der Waals surface area contributed by atoms with E-state index < -0.39 is 5.60 Å². The van der Waals surface area contributed by atoms with Crippen molar-refractivity contribution < 1.29 is 14.6 Å². The molecule has 4 unspecified atom stereocenters. The molecule has 1 saturated heterocycles. The molecular weight excluding hydrogens is 290 g/mol. The van der Waals surface area contributed by atoms with Crippen LogP contribution < -0.4 is 0 Å². The van der Waals surface area contributed by atoms with Crippen molar-refractivity contribution in [2.45, 2.75) is 51.2 Å². The Morgan fingerprint density at radius 3 is 2.52 bits per heavy atom. The van der Waals surface area contributed by atoms with Gasteiger partial charge in [0.25, 0.3) is 0 Å². The van der Waals surface area contributed by atoms with Gasteiger partial charge in [-0.05, 0) is 51.0 Å². The van der Waals surface area contributed by atoms with E-state index in [2.05, 4.69) is 12.1 Å². The third-order valence-corrected chi connectivity index (χ3v) is 5.04. The lowest BCUT2D eigenvalue weighted by molar-refractivity contribution is 0.0278. The molecule has 3 rings (SSSR count). The normalized spacial score (nSPS) is 30.9. The predicted octanol–water partition coefficient (Wildman–Crippen LogP) is 3.41. The molecule has 2 aliphatic rings. The Bertz CT molecular complexity index is 551. The molecule has 126 valence electrons. The van der Waals surface area contributed by atoms with Gasteiger partial charge in [-0.1, -0.05) is 30.3 Å². The van der Waals surface area contributed by atoms with Crippen LogP contribution in [0.15, 0.2) is 30.3 Å². The van der Waals surface area contributed by atoms with Crippen LogP contribution in [0, 0.1) is 11.8 Å². The second kappa shape index (κ2) is 6.16. The average Bonchev–Trinajstić information content (AvgIpc) is 2.90. The molecule has 4 heteroatoms. The van der Waals surface area contributed by atoms with E-state index >= 15 is 0 Å². The molecule has 0 aromatic heterocycles. The van der Waals surface area contributed by atoms with Crippen LogP contribution in [0.3, 0.4) is 0 Å². The number of hydrogen-bond donors (Lipinski definition) is 1. The molecule has 1 N–H and O–H groups in total. The minimum atomic E-state index is -0.469. The Labute approximate surface area is 138 Å². The van der Waals surface area contributed by atoms with Crippen molar-refractivity contribution in [1.29, 1.82) is 0 Å². The molecule has 1 aromatic rings. The standard InChI is InChI=1S/C19H27NO3/c1-19(2,3)23-18(22)20-11-14-9-10-16(21)17(15(14)12-20)13-7-5-4-6-8-13/h4-8,14-17,21H,9-12H2,1-3H3. The van der Waals surface area contributed by atoms with Gasteiger partial charge in [0, 0.05) is 19.0 Å². The van der Waals surface area contributed by atoms with E-state index in [0.29, 0.717) is 18.4 Å². The summed E-state index contributed by atoms with van der Waals surface area (Å²) in [7, 11) is 0. The number of amides is 1. The van der Waals surface area contributed by atoms with Crippen molar-refractivity contribution in [1.82, 2.24) is 4.90 Å². The van der Waals surface area contributed by atoms with Gasteiger partial charge in [0.1, 0.15) is 5.60 Å². The number of nitrogens with zero attached hydrogens (tertiary/aromatic N) is 1. The Hall–Kier alpha value is -1.55. The number of likely N-dealkylation sites (tertiary alicyclic amines) is 1. The van der Waals surface area contributed by atoms with Crippen LogP contribution in [-0.4, -0.2) is 40.9 Å². The SMILES string of the molecule is CC(C)(C)OC(=O)N1CC2CCC(O)C(c3ccccc3)C2C1. The molecule has 1 heterocycles. The molecule has 1 aliphatic carbocycles. The number of rotatable bonds is 1. The third-order valence-electron chi connectivity index (χ3n) is 5.04. The third kappa shape index (κ3) is 3.52. The molecule has 2 fully saturated rings. The monoisotopic (exact) mass is 317 g/mol. The van der Waals surface area contributed by atoms with E-state index in [4.69, 9.17) is 4.74 Å². The van der Waals surface area contributed by atoms with Gasteiger partial charge in [-0.3, -0.25) is 0 Å². The Balaban J connectivity index is 1.77. The number of carbonyl (C=O) groups is 1. The summed E-state index contributed by atoms with van der Waals surface area (Å²) >= 11 is 0. The topological polar surface area (TPSA) is 49.8 Å². The van der Waals surface area contributed by atoms with Crippen molar-refractivity contribution >= 4 is 6.09 Å². The highest BCUT2D eigenvalue weighted by Gasteiger charge is 2.46. The average molecular weight is 317 g/mol. The van der Waals surface area contributed by atoms with Crippen molar-refractivity contribution in [2.24, 2.45) is 11.8 Å². The van der Waals surface area contributed by atoms with E-state index in [9.17, 15) is 9.90 Å². The van der Waals surface area contributed by atoms with Gasteiger partial charge in [-0.15, -0.1) is 0 Å². The highest BCUT2D eigenvalue weighted by molar-refractivity contribution is 5.68. The number of fused-ring (bicyclic) bond motifs is 1. The lowest BCUT2D eigenvalue weighted by Gasteiger charge is -2.37. The number of ether oxygens (including phenoxy) is 1. The first-order valence-corrected chi connectivity index (χ1v) is 8.56. The second-order valence-electron chi connectivity index (χ2n) is 7.89. The van der Waals surface area contributed by atoms with Gasteiger partial charge in [0.05, 0.1) is 6.10 Å². The summed E-state index contributed by atoms with van der Waals surface area (Å²) in [5.41, 5.74) is 0.712. The highest BCUT2D eigenvalue weighted by atomic mass is 16.6. The summed E-state index contributed by atoms with van der Waals surface area (Å²) in [6, 6.07) is 10.2. The van der Waals surface area contributed by atoms with Crippen LogP contribution in [0.5, 0.6) is 0 Å². The number of carbonyl (C=O) groups excluding carboxylic acids is 1. The molecule has 23 heavy (non-hydrogen) atoms. The fourth-order valence-electron chi connectivity index (χ4n) is 4.08. The zero-order chi connectivity index (χ0) is 16.6. The van der Waals surface area contributed by atoms with Gasteiger partial charge >= 0.3 is 6.09 Å². The van der Waals surface area contributed by atoms with E-state index in [1.54, 1.807) is 0 Å². The molecule has 4 atom stereocenters. The van der Waals surface area contributed by atoms with Crippen molar-refractivity contribution in [3.05, 3.63) is 35.9 Å². The van der Waals surface area contributed by atoms with Gasteiger partial charge < -0.3 is 14.7 Å². The van der Waals surface area contributed by atoms with Crippen LogP contribution in [-0.2, 0) is 4.74 Å². The molecule has 0 spiro atoms. The fraction of sp³-hybridized carbons (Fsp3) is 0.632. The van der Waals surface area contributed by atoms with Crippen molar-refractivity contribution in [2.75, 3.05) is 13.1 Å². The number of aliphatic hydroxyl groups excluding tert-OH is 1. The minimum Gasteiger partial charge on any atom is -0.444 e. The molecule has 4 nitrogen and oxygen atoms in total. The smallest absolute Gasteiger partial charge is 0.410 e. The van der Waals surface area contributed by atoms with E-state index in [0.717, 1.165) is 19.4 Å². The molecular formula is C19H27NO3. The highest BCUT2D eigenvalue weighted by Crippen LogP contribution is 2.45. The van der Waals surface area contributed by atoms with Gasteiger partial charge in [-0.25, -0.2) is 4.79 Å². The molecule has 1 amide bonds. The van der Waals surface area contributed by atoms with E-state index in [-0.39, 0.29) is 18.1 Å².